The average Bonchev–Trinajstić information content (AvgIpc) is 3.39. The third-order valence-electron chi connectivity index (χ3n) is 4.88. The summed E-state index contributed by atoms with van der Waals surface area (Å²) in [6.45, 7) is 0.548. The lowest BCUT2D eigenvalue weighted by molar-refractivity contribution is -0.200. The third kappa shape index (κ3) is 4.41. The van der Waals surface area contributed by atoms with E-state index in [4.69, 9.17) is 4.74 Å². The molecule has 144 valence electrons. The Hall–Kier alpha value is -1.96. The van der Waals surface area contributed by atoms with Crippen LogP contribution in [0.2, 0.25) is 0 Å². The number of carbonyl (C=O) groups excluding carboxylic acids is 1. The first-order valence-electron chi connectivity index (χ1n) is 8.72. The van der Waals surface area contributed by atoms with Crippen LogP contribution in [0.1, 0.15) is 24.8 Å². The van der Waals surface area contributed by atoms with E-state index >= 15 is 0 Å². The van der Waals surface area contributed by atoms with Gasteiger partial charge in [0.05, 0.1) is 13.7 Å². The molecule has 26 heavy (non-hydrogen) atoms. The number of carbonyl (C=O) groups is 1. The number of anilines is 1. The van der Waals surface area contributed by atoms with Crippen LogP contribution >= 0.6 is 0 Å². The molecule has 1 N–H and O–H groups in total. The molecular formula is C18H23F3N2O3. The van der Waals surface area contributed by atoms with Crippen LogP contribution in [0, 0.1) is 5.92 Å². The van der Waals surface area contributed by atoms with Crippen molar-refractivity contribution in [3.8, 4) is 5.75 Å². The van der Waals surface area contributed by atoms with Gasteiger partial charge in [-0.1, -0.05) is 0 Å². The zero-order valence-corrected chi connectivity index (χ0v) is 14.6. The summed E-state index contributed by atoms with van der Waals surface area (Å²) in [4.78, 5) is 15.7. The van der Waals surface area contributed by atoms with Gasteiger partial charge < -0.3 is 19.6 Å². The summed E-state index contributed by atoms with van der Waals surface area (Å²) in [6, 6.07) is 5.13. The molecule has 1 fully saturated rings. The van der Waals surface area contributed by atoms with Crippen molar-refractivity contribution in [3.63, 3.8) is 0 Å². The first-order valence-corrected chi connectivity index (χ1v) is 8.72. The molecule has 1 aliphatic heterocycles. The highest BCUT2D eigenvalue weighted by molar-refractivity contribution is 5.78. The molecule has 5 nitrogen and oxygen atoms in total. The molecule has 1 aromatic carbocycles. The topological polar surface area (TPSA) is 53.0 Å². The van der Waals surface area contributed by atoms with Crippen LogP contribution in [0.5, 0.6) is 5.75 Å². The van der Waals surface area contributed by atoms with E-state index < -0.39 is 18.8 Å². The fourth-order valence-corrected chi connectivity index (χ4v) is 3.21. The number of hydrogen-bond donors (Lipinski definition) is 1. The summed E-state index contributed by atoms with van der Waals surface area (Å²) in [5, 5.41) is 9.48. The van der Waals surface area contributed by atoms with E-state index in [9.17, 15) is 23.1 Å². The molecular weight excluding hydrogens is 349 g/mol. The van der Waals surface area contributed by atoms with Gasteiger partial charge in [0.25, 0.3) is 0 Å². The summed E-state index contributed by atoms with van der Waals surface area (Å²) in [5.74, 6) is 1.03. The number of halogens is 3. The van der Waals surface area contributed by atoms with Crippen molar-refractivity contribution in [2.24, 2.45) is 5.92 Å². The molecule has 1 amide bonds. The number of rotatable bonds is 5. The van der Waals surface area contributed by atoms with Crippen molar-refractivity contribution in [1.29, 1.82) is 0 Å². The largest absolute Gasteiger partial charge is 0.497 e. The van der Waals surface area contributed by atoms with E-state index in [0.717, 1.165) is 18.4 Å². The van der Waals surface area contributed by atoms with Gasteiger partial charge in [-0.2, -0.15) is 13.2 Å². The van der Waals surface area contributed by atoms with Crippen molar-refractivity contribution < 1.29 is 27.8 Å². The molecule has 0 aromatic heterocycles. The van der Waals surface area contributed by atoms with Crippen molar-refractivity contribution in [3.05, 3.63) is 23.8 Å². The fraction of sp³-hybridized carbons (Fsp3) is 0.611. The Balaban J connectivity index is 1.89. The van der Waals surface area contributed by atoms with Gasteiger partial charge in [-0.3, -0.25) is 4.79 Å². The van der Waals surface area contributed by atoms with E-state index in [1.165, 1.54) is 12.0 Å². The Kier molecular flexibility index (Phi) is 5.32. The minimum Gasteiger partial charge on any atom is -0.497 e. The number of aliphatic hydroxyl groups is 1. The number of methoxy groups -OCH3 is 1. The van der Waals surface area contributed by atoms with Gasteiger partial charge >= 0.3 is 6.18 Å². The molecule has 0 spiro atoms. The number of alkyl halides is 3. The van der Waals surface area contributed by atoms with Crippen molar-refractivity contribution >= 4 is 11.6 Å². The van der Waals surface area contributed by atoms with Crippen molar-refractivity contribution in [2.75, 3.05) is 31.6 Å². The molecule has 1 unspecified atom stereocenters. The zero-order valence-electron chi connectivity index (χ0n) is 14.6. The third-order valence-corrected chi connectivity index (χ3v) is 4.88. The van der Waals surface area contributed by atoms with Crippen LogP contribution < -0.4 is 9.64 Å². The van der Waals surface area contributed by atoms with Crippen molar-refractivity contribution in [1.82, 2.24) is 4.90 Å². The summed E-state index contributed by atoms with van der Waals surface area (Å²) in [7, 11) is 1.52. The molecule has 1 atom stereocenters. The minimum absolute atomic E-state index is 0.0723. The quantitative estimate of drug-likeness (QED) is 0.863. The van der Waals surface area contributed by atoms with Crippen LogP contribution in [-0.4, -0.2) is 54.9 Å². The molecule has 1 saturated carbocycles. The van der Waals surface area contributed by atoms with E-state index in [2.05, 4.69) is 0 Å². The molecule has 0 saturated heterocycles. The van der Waals surface area contributed by atoms with Gasteiger partial charge in [-0.15, -0.1) is 0 Å². The molecule has 1 heterocycles. The molecule has 8 heteroatoms. The Morgan fingerprint density at radius 2 is 2.04 bits per heavy atom. The van der Waals surface area contributed by atoms with Crippen LogP contribution in [0.15, 0.2) is 18.2 Å². The van der Waals surface area contributed by atoms with E-state index in [1.54, 1.807) is 23.1 Å². The van der Waals surface area contributed by atoms with Gasteiger partial charge in [0, 0.05) is 31.7 Å². The number of β-amino-alcohol motifs (C(OH)–C–C–N with tert-alkyl or cyclic N) is 1. The highest BCUT2D eigenvalue weighted by atomic mass is 19.4. The lowest BCUT2D eigenvalue weighted by Gasteiger charge is -2.35. The highest BCUT2D eigenvalue weighted by Crippen LogP contribution is 2.34. The monoisotopic (exact) mass is 372 g/mol. The van der Waals surface area contributed by atoms with Gasteiger partial charge in [-0.25, -0.2) is 0 Å². The molecule has 3 rings (SSSR count). The summed E-state index contributed by atoms with van der Waals surface area (Å²) in [5.41, 5.74) is 1.33. The Morgan fingerprint density at radius 3 is 2.65 bits per heavy atom. The lowest BCUT2D eigenvalue weighted by atomic mass is 10.1. The maximum absolute atomic E-state index is 12.8. The maximum atomic E-state index is 12.8. The predicted octanol–water partition coefficient (Wildman–Crippen LogP) is 2.57. The van der Waals surface area contributed by atoms with Crippen LogP contribution in [0.25, 0.3) is 0 Å². The lowest BCUT2D eigenvalue weighted by Crippen LogP contribution is -2.45. The number of hydrogen-bond acceptors (Lipinski definition) is 4. The van der Waals surface area contributed by atoms with Gasteiger partial charge in [0.1, 0.15) is 5.75 Å². The Morgan fingerprint density at radius 1 is 1.31 bits per heavy atom. The van der Waals surface area contributed by atoms with Crippen LogP contribution in [0.3, 0.4) is 0 Å². The number of fused-ring (bicyclic) bond motifs is 1. The zero-order chi connectivity index (χ0) is 18.9. The maximum Gasteiger partial charge on any atom is 0.416 e. The smallest absolute Gasteiger partial charge is 0.416 e. The van der Waals surface area contributed by atoms with Crippen LogP contribution in [0.4, 0.5) is 18.9 Å². The number of benzene rings is 1. The Bertz CT molecular complexity index is 662. The average molecular weight is 372 g/mol. The minimum atomic E-state index is -4.70. The highest BCUT2D eigenvalue weighted by Gasteiger charge is 2.40. The first kappa shape index (κ1) is 18.8. The Labute approximate surface area is 150 Å². The van der Waals surface area contributed by atoms with E-state index in [-0.39, 0.29) is 18.9 Å². The number of nitrogens with zero attached hydrogens (tertiary/aromatic N) is 2. The van der Waals surface area contributed by atoms with Crippen LogP contribution in [-0.2, 0) is 11.3 Å². The predicted molar refractivity (Wildman–Crippen MR) is 90.0 cm³/mol. The van der Waals surface area contributed by atoms with Gasteiger partial charge in [0.2, 0.25) is 5.91 Å². The molecule has 2 aliphatic rings. The second kappa shape index (κ2) is 7.34. The SMILES string of the molecule is COc1ccc2c(c1)CN(CC1CC1)C(=O)CCN2CC(O)C(F)(F)F. The standard InChI is InChI=1S/C18H23F3N2O3/c1-26-14-4-5-15-13(8-14)10-23(9-12-2-3-12)17(25)6-7-22(15)11-16(24)18(19,20)21/h4-5,8,12,16,24H,2-3,6-7,9-11H2,1H3. The fourth-order valence-electron chi connectivity index (χ4n) is 3.21. The van der Waals surface area contributed by atoms with Gasteiger partial charge in [0.15, 0.2) is 6.10 Å². The number of aliphatic hydroxyl groups excluding tert-OH is 1. The van der Waals surface area contributed by atoms with E-state index in [1.807, 2.05) is 0 Å². The molecule has 1 aliphatic carbocycles. The second-order valence-electron chi connectivity index (χ2n) is 6.97. The summed E-state index contributed by atoms with van der Waals surface area (Å²) in [6.07, 6.45) is -4.81. The van der Waals surface area contributed by atoms with Gasteiger partial charge in [-0.05, 0) is 42.5 Å². The normalized spacial score (nSPS) is 19.7. The molecule has 0 radical (unpaired) electrons. The second-order valence-corrected chi connectivity index (χ2v) is 6.97. The summed E-state index contributed by atoms with van der Waals surface area (Å²) >= 11 is 0. The number of ether oxygens (including phenoxy) is 1. The first-order chi connectivity index (χ1) is 12.3. The van der Waals surface area contributed by atoms with E-state index in [0.29, 0.717) is 30.4 Å². The summed E-state index contributed by atoms with van der Waals surface area (Å²) < 4.78 is 43.6. The number of amides is 1. The molecule has 0 bridgehead atoms. The molecule has 1 aromatic rings. The van der Waals surface area contributed by atoms with Crippen molar-refractivity contribution in [2.45, 2.75) is 38.1 Å².